The Kier molecular flexibility index (Phi) is 6.66. The second-order valence-corrected chi connectivity index (χ2v) is 12.0. The fourth-order valence-corrected chi connectivity index (χ4v) is 9.26. The highest BCUT2D eigenvalue weighted by molar-refractivity contribution is 7.80. The first-order chi connectivity index (χ1) is 18.3. The molecule has 0 unspecified atom stereocenters. The average molecular weight is 511 g/mol. The van der Waals surface area contributed by atoms with E-state index in [1.54, 1.807) is 0 Å². The van der Waals surface area contributed by atoms with Crippen LogP contribution in [0.4, 0.5) is 0 Å². The van der Waals surface area contributed by atoms with E-state index in [2.05, 4.69) is 158 Å². The third-order valence-electron chi connectivity index (χ3n) is 7.02. The molecule has 0 nitrogen and oxygen atoms in total. The number of hydrogen-bond donors (Lipinski definition) is 1. The highest BCUT2D eigenvalue weighted by Crippen LogP contribution is 2.64. The van der Waals surface area contributed by atoms with E-state index in [0.717, 1.165) is 4.90 Å². The van der Waals surface area contributed by atoms with Crippen molar-refractivity contribution < 1.29 is 0 Å². The lowest BCUT2D eigenvalue weighted by atomic mass is 9.81. The second kappa shape index (κ2) is 10.4. The van der Waals surface area contributed by atoms with Crippen molar-refractivity contribution in [3.8, 4) is 0 Å². The van der Waals surface area contributed by atoms with Gasteiger partial charge >= 0.3 is 0 Å². The number of hydrogen-bond acceptors (Lipinski definition) is 1. The molecule has 0 fully saturated rings. The molecule has 0 aromatic heterocycles. The monoisotopic (exact) mass is 510 g/mol. The summed E-state index contributed by atoms with van der Waals surface area (Å²) in [6, 6.07) is 57.2. The van der Waals surface area contributed by atoms with Crippen LogP contribution in [0.25, 0.3) is 10.8 Å². The van der Waals surface area contributed by atoms with Crippen molar-refractivity contribution in [1.29, 1.82) is 0 Å². The number of benzene rings is 6. The molecule has 0 aliphatic carbocycles. The molecule has 0 amide bonds. The first-order valence-corrected chi connectivity index (χ1v) is 14.3. The molecule has 178 valence electrons. The van der Waals surface area contributed by atoms with Crippen LogP contribution < -0.4 is 10.6 Å². The van der Waals surface area contributed by atoms with E-state index < -0.39 is 13.1 Å². The van der Waals surface area contributed by atoms with Crippen molar-refractivity contribution in [3.63, 3.8) is 0 Å². The van der Waals surface area contributed by atoms with E-state index in [0.29, 0.717) is 0 Å². The number of rotatable bonds is 6. The molecule has 0 spiro atoms. The Morgan fingerprint density at radius 3 is 1.38 bits per heavy atom. The van der Waals surface area contributed by atoms with Gasteiger partial charge in [-0.25, -0.2) is 0 Å². The molecule has 0 heterocycles. The fraction of sp³-hybridized carbons (Fsp3) is 0.0286. The van der Waals surface area contributed by atoms with Gasteiger partial charge < -0.3 is 0 Å². The van der Waals surface area contributed by atoms with Crippen LogP contribution in [0.1, 0.15) is 16.7 Å². The van der Waals surface area contributed by atoms with Gasteiger partial charge in [0.05, 0.1) is 5.16 Å². The van der Waals surface area contributed by atoms with Crippen LogP contribution in [0.3, 0.4) is 0 Å². The largest absolute Gasteiger partial charge is 0.143 e. The standard InChI is InChI=1S/C35H27PS/c37-33-26-25-27-15-13-14-24-32(27)34(33)35(28-16-5-1-6-17-28,29-18-7-2-8-19-29)36(30-20-9-3-10-21-30)31-22-11-4-12-23-31/h1-26,37H. The van der Waals surface area contributed by atoms with E-state index in [-0.39, 0.29) is 0 Å². The number of thiol groups is 1. The van der Waals surface area contributed by atoms with E-state index in [1.165, 1.54) is 38.1 Å². The Hall–Kier alpha value is -3.64. The maximum Gasteiger partial charge on any atom is 0.0748 e. The predicted octanol–water partition coefficient (Wildman–Crippen LogP) is 8.55. The molecule has 0 saturated heterocycles. The first kappa shape index (κ1) is 23.7. The van der Waals surface area contributed by atoms with Crippen molar-refractivity contribution in [2.45, 2.75) is 10.1 Å². The smallest absolute Gasteiger partial charge is 0.0748 e. The third kappa shape index (κ3) is 4.19. The molecule has 6 aromatic rings. The van der Waals surface area contributed by atoms with Crippen LogP contribution in [0, 0.1) is 0 Å². The van der Waals surface area contributed by atoms with Crippen molar-refractivity contribution in [2.24, 2.45) is 0 Å². The lowest BCUT2D eigenvalue weighted by Crippen LogP contribution is -2.36. The highest BCUT2D eigenvalue weighted by atomic mass is 32.1. The molecule has 0 bridgehead atoms. The Morgan fingerprint density at radius 1 is 0.432 bits per heavy atom. The maximum absolute atomic E-state index is 5.20. The second-order valence-electron chi connectivity index (χ2n) is 9.13. The normalized spacial score (nSPS) is 11.6. The van der Waals surface area contributed by atoms with Crippen LogP contribution in [0.15, 0.2) is 163 Å². The van der Waals surface area contributed by atoms with E-state index in [9.17, 15) is 0 Å². The topological polar surface area (TPSA) is 0 Å². The quantitative estimate of drug-likeness (QED) is 0.130. The van der Waals surface area contributed by atoms with Crippen LogP contribution in [-0.2, 0) is 5.16 Å². The van der Waals surface area contributed by atoms with Gasteiger partial charge in [-0.1, -0.05) is 152 Å². The zero-order chi connectivity index (χ0) is 25.1. The molecule has 0 saturated carbocycles. The van der Waals surface area contributed by atoms with Gasteiger partial charge in [-0.2, -0.15) is 0 Å². The van der Waals surface area contributed by atoms with Crippen LogP contribution in [0.5, 0.6) is 0 Å². The van der Waals surface area contributed by atoms with Crippen molar-refractivity contribution >= 4 is 41.9 Å². The highest BCUT2D eigenvalue weighted by Gasteiger charge is 2.47. The molecular weight excluding hydrogens is 483 g/mol. The zero-order valence-corrected chi connectivity index (χ0v) is 22.2. The van der Waals surface area contributed by atoms with E-state index in [1.807, 2.05) is 0 Å². The molecule has 0 aliphatic heterocycles. The minimum absolute atomic E-state index is 0.488. The Bertz CT molecular complexity index is 1540. The summed E-state index contributed by atoms with van der Waals surface area (Å²) in [7, 11) is -0.966. The molecule has 0 aliphatic rings. The minimum Gasteiger partial charge on any atom is -0.143 e. The van der Waals surface area contributed by atoms with Crippen molar-refractivity contribution in [2.75, 3.05) is 0 Å². The van der Waals surface area contributed by atoms with Crippen LogP contribution in [-0.4, -0.2) is 0 Å². The molecule has 0 atom stereocenters. The third-order valence-corrected chi connectivity index (χ3v) is 10.4. The first-order valence-electron chi connectivity index (χ1n) is 12.5. The molecule has 37 heavy (non-hydrogen) atoms. The van der Waals surface area contributed by atoms with Gasteiger partial charge in [-0.3, -0.25) is 0 Å². The summed E-state index contributed by atoms with van der Waals surface area (Å²) in [5.74, 6) is 0. The minimum atomic E-state index is -0.966. The average Bonchev–Trinajstić information content (AvgIpc) is 2.98. The Morgan fingerprint density at radius 2 is 0.865 bits per heavy atom. The summed E-state index contributed by atoms with van der Waals surface area (Å²) in [4.78, 5) is 1.01. The number of fused-ring (bicyclic) bond motifs is 1. The van der Waals surface area contributed by atoms with Gasteiger partial charge in [-0.05, 0) is 52.1 Å². The fourth-order valence-electron chi connectivity index (χ4n) is 5.51. The molecule has 0 N–H and O–H groups in total. The van der Waals surface area contributed by atoms with Gasteiger partial charge in [0.2, 0.25) is 0 Å². The van der Waals surface area contributed by atoms with Gasteiger partial charge in [-0.15, -0.1) is 12.6 Å². The summed E-state index contributed by atoms with van der Waals surface area (Å²) in [5.41, 5.74) is 3.79. The molecule has 6 aromatic carbocycles. The summed E-state index contributed by atoms with van der Waals surface area (Å²) >= 11 is 5.20. The Balaban J connectivity index is 1.87. The summed E-state index contributed by atoms with van der Waals surface area (Å²) in [6.07, 6.45) is 0. The Labute approximate surface area is 225 Å². The summed E-state index contributed by atoms with van der Waals surface area (Å²) in [6.45, 7) is 0. The molecule has 2 heteroatoms. The van der Waals surface area contributed by atoms with Crippen molar-refractivity contribution in [3.05, 3.63) is 174 Å². The molecule has 0 radical (unpaired) electrons. The molecule has 6 rings (SSSR count). The van der Waals surface area contributed by atoms with Crippen LogP contribution >= 0.6 is 20.6 Å². The van der Waals surface area contributed by atoms with Crippen molar-refractivity contribution in [1.82, 2.24) is 0 Å². The maximum atomic E-state index is 5.20. The summed E-state index contributed by atoms with van der Waals surface area (Å²) in [5, 5.41) is 4.64. The van der Waals surface area contributed by atoms with Crippen LogP contribution in [0.2, 0.25) is 0 Å². The van der Waals surface area contributed by atoms with Gasteiger partial charge in [0.25, 0.3) is 0 Å². The molecular formula is C35H27PS. The van der Waals surface area contributed by atoms with Gasteiger partial charge in [0, 0.05) is 4.90 Å². The predicted molar refractivity (Wildman–Crippen MR) is 163 cm³/mol. The SMILES string of the molecule is Sc1ccc2ccccc2c1C(c1ccccc1)(c1ccccc1)P(c1ccccc1)c1ccccc1. The lowest BCUT2D eigenvalue weighted by molar-refractivity contribution is 0.871. The van der Waals surface area contributed by atoms with E-state index in [4.69, 9.17) is 12.6 Å². The van der Waals surface area contributed by atoms with E-state index >= 15 is 0 Å². The summed E-state index contributed by atoms with van der Waals surface area (Å²) < 4.78 is 0. The van der Waals surface area contributed by atoms with Gasteiger partial charge in [0.1, 0.15) is 0 Å². The zero-order valence-electron chi connectivity index (χ0n) is 20.4. The lowest BCUT2D eigenvalue weighted by Gasteiger charge is -2.44. The van der Waals surface area contributed by atoms with Gasteiger partial charge in [0.15, 0.2) is 0 Å².